The van der Waals surface area contributed by atoms with Gasteiger partial charge in [-0.1, -0.05) is 74.0 Å². The van der Waals surface area contributed by atoms with Crippen molar-refractivity contribution in [3.05, 3.63) is 102 Å². The minimum Gasteiger partial charge on any atom is -0.341 e. The topological polar surface area (TPSA) is 58.2 Å². The first-order valence-electron chi connectivity index (χ1n) is 9.98. The number of carbonyl (C=O) groups is 2. The van der Waals surface area contributed by atoms with Gasteiger partial charge >= 0.3 is 0 Å². The molecule has 29 heavy (non-hydrogen) atoms. The van der Waals surface area contributed by atoms with Crippen LogP contribution < -0.4 is 10.6 Å². The fourth-order valence-electron chi connectivity index (χ4n) is 3.13. The molecule has 148 valence electrons. The lowest BCUT2D eigenvalue weighted by atomic mass is 9.98. The Morgan fingerprint density at radius 2 is 1.34 bits per heavy atom. The SMILES string of the molecule is CCCCC(=O)Nc1ccc(C(=O)NC(c2ccccc2)c2ccccc2)cc1. The number of hydrogen-bond donors (Lipinski definition) is 2. The van der Waals surface area contributed by atoms with E-state index >= 15 is 0 Å². The fourth-order valence-corrected chi connectivity index (χ4v) is 3.13. The molecule has 3 aromatic rings. The van der Waals surface area contributed by atoms with E-state index in [0.717, 1.165) is 24.0 Å². The molecule has 0 aliphatic carbocycles. The van der Waals surface area contributed by atoms with Gasteiger partial charge in [0.15, 0.2) is 0 Å². The second kappa shape index (κ2) is 10.2. The number of amides is 2. The van der Waals surface area contributed by atoms with Crippen LogP contribution in [0, 0.1) is 0 Å². The number of carbonyl (C=O) groups excluding carboxylic acids is 2. The molecular formula is C25H26N2O2. The van der Waals surface area contributed by atoms with E-state index in [-0.39, 0.29) is 17.9 Å². The van der Waals surface area contributed by atoms with E-state index in [1.54, 1.807) is 24.3 Å². The second-order valence-corrected chi connectivity index (χ2v) is 6.96. The molecule has 0 bridgehead atoms. The number of nitrogens with one attached hydrogen (secondary N) is 2. The zero-order valence-corrected chi connectivity index (χ0v) is 16.6. The fraction of sp³-hybridized carbons (Fsp3) is 0.200. The third-order valence-corrected chi connectivity index (χ3v) is 4.73. The van der Waals surface area contributed by atoms with Gasteiger partial charge in [0.2, 0.25) is 5.91 Å². The van der Waals surface area contributed by atoms with Gasteiger partial charge in [-0.25, -0.2) is 0 Å². The van der Waals surface area contributed by atoms with Gasteiger partial charge in [0.05, 0.1) is 6.04 Å². The molecule has 0 fully saturated rings. The lowest BCUT2D eigenvalue weighted by molar-refractivity contribution is -0.116. The smallest absolute Gasteiger partial charge is 0.252 e. The maximum atomic E-state index is 12.9. The highest BCUT2D eigenvalue weighted by Gasteiger charge is 2.17. The summed E-state index contributed by atoms with van der Waals surface area (Å²) in [5.74, 6) is -0.163. The zero-order chi connectivity index (χ0) is 20.5. The van der Waals surface area contributed by atoms with Crippen LogP contribution in [0.1, 0.15) is 53.7 Å². The Hall–Kier alpha value is -3.40. The number of benzene rings is 3. The maximum absolute atomic E-state index is 12.9. The highest BCUT2D eigenvalue weighted by Crippen LogP contribution is 2.22. The van der Waals surface area contributed by atoms with Crippen molar-refractivity contribution in [1.29, 1.82) is 0 Å². The molecule has 0 saturated heterocycles. The monoisotopic (exact) mass is 386 g/mol. The molecule has 0 saturated carbocycles. The van der Waals surface area contributed by atoms with Crippen molar-refractivity contribution in [2.24, 2.45) is 0 Å². The molecule has 4 nitrogen and oxygen atoms in total. The highest BCUT2D eigenvalue weighted by atomic mass is 16.2. The van der Waals surface area contributed by atoms with Crippen LogP contribution in [0.15, 0.2) is 84.9 Å². The molecule has 3 rings (SSSR count). The van der Waals surface area contributed by atoms with Crippen LogP contribution >= 0.6 is 0 Å². The molecule has 0 aromatic heterocycles. The van der Waals surface area contributed by atoms with Crippen molar-refractivity contribution >= 4 is 17.5 Å². The second-order valence-electron chi connectivity index (χ2n) is 6.96. The molecule has 0 atom stereocenters. The predicted molar refractivity (Wildman–Crippen MR) is 117 cm³/mol. The van der Waals surface area contributed by atoms with E-state index in [1.165, 1.54) is 0 Å². The van der Waals surface area contributed by atoms with Crippen molar-refractivity contribution < 1.29 is 9.59 Å². The number of anilines is 1. The standard InChI is InChI=1S/C25H26N2O2/c1-2-3-14-23(28)26-22-17-15-21(16-18-22)25(29)27-24(19-10-6-4-7-11-19)20-12-8-5-9-13-20/h4-13,15-18,24H,2-3,14H2,1H3,(H,26,28)(H,27,29). The van der Waals surface area contributed by atoms with Gasteiger partial charge in [-0.2, -0.15) is 0 Å². The Morgan fingerprint density at radius 1 is 0.793 bits per heavy atom. The van der Waals surface area contributed by atoms with Crippen LogP contribution in [0.25, 0.3) is 0 Å². The third kappa shape index (κ3) is 5.79. The summed E-state index contributed by atoms with van der Waals surface area (Å²) < 4.78 is 0. The molecule has 0 heterocycles. The first-order chi connectivity index (χ1) is 14.2. The molecule has 0 unspecified atom stereocenters. The van der Waals surface area contributed by atoms with E-state index in [4.69, 9.17) is 0 Å². The van der Waals surface area contributed by atoms with E-state index < -0.39 is 0 Å². The molecule has 0 spiro atoms. The molecule has 2 N–H and O–H groups in total. The Morgan fingerprint density at radius 3 is 1.86 bits per heavy atom. The van der Waals surface area contributed by atoms with Gasteiger partial charge in [0.1, 0.15) is 0 Å². The lowest BCUT2D eigenvalue weighted by Gasteiger charge is -2.20. The van der Waals surface area contributed by atoms with Crippen LogP contribution in [0.4, 0.5) is 5.69 Å². The molecule has 2 amide bonds. The first kappa shape index (κ1) is 20.3. The Bertz CT molecular complexity index is 883. The zero-order valence-electron chi connectivity index (χ0n) is 16.6. The predicted octanol–water partition coefficient (Wildman–Crippen LogP) is 5.33. The Kier molecular flexibility index (Phi) is 7.17. The summed E-state index contributed by atoms with van der Waals surface area (Å²) in [4.78, 5) is 24.7. The summed E-state index contributed by atoms with van der Waals surface area (Å²) in [6, 6.07) is 26.6. The maximum Gasteiger partial charge on any atom is 0.252 e. The van der Waals surface area contributed by atoms with Crippen molar-refractivity contribution in [3.63, 3.8) is 0 Å². The average molecular weight is 386 g/mol. The normalized spacial score (nSPS) is 10.6. The third-order valence-electron chi connectivity index (χ3n) is 4.73. The number of hydrogen-bond acceptors (Lipinski definition) is 2. The van der Waals surface area contributed by atoms with Crippen LogP contribution in [0.5, 0.6) is 0 Å². The van der Waals surface area contributed by atoms with Crippen LogP contribution in [-0.2, 0) is 4.79 Å². The van der Waals surface area contributed by atoms with Crippen LogP contribution in [0.2, 0.25) is 0 Å². The lowest BCUT2D eigenvalue weighted by Crippen LogP contribution is -2.29. The Labute approximate surface area is 172 Å². The molecule has 4 heteroatoms. The molecule has 0 aliphatic heterocycles. The molecule has 0 aliphatic rings. The quantitative estimate of drug-likeness (QED) is 0.549. The van der Waals surface area contributed by atoms with Gasteiger partial charge in [-0.3, -0.25) is 9.59 Å². The van der Waals surface area contributed by atoms with Crippen LogP contribution in [-0.4, -0.2) is 11.8 Å². The number of unbranched alkanes of at least 4 members (excludes halogenated alkanes) is 1. The minimum atomic E-state index is -0.238. The minimum absolute atomic E-state index is 0.00253. The van der Waals surface area contributed by atoms with E-state index in [1.807, 2.05) is 60.7 Å². The average Bonchev–Trinajstić information content (AvgIpc) is 2.77. The van der Waals surface area contributed by atoms with Gasteiger partial charge in [-0.05, 0) is 41.8 Å². The summed E-state index contributed by atoms with van der Waals surface area (Å²) >= 11 is 0. The summed E-state index contributed by atoms with van der Waals surface area (Å²) in [5.41, 5.74) is 3.29. The van der Waals surface area contributed by atoms with Crippen molar-refractivity contribution in [3.8, 4) is 0 Å². The summed E-state index contributed by atoms with van der Waals surface area (Å²) in [5, 5.41) is 5.99. The van der Waals surface area contributed by atoms with E-state index in [9.17, 15) is 9.59 Å². The van der Waals surface area contributed by atoms with Gasteiger partial charge in [0, 0.05) is 17.7 Å². The first-order valence-corrected chi connectivity index (χ1v) is 9.98. The Balaban J connectivity index is 1.72. The van der Waals surface area contributed by atoms with Gasteiger partial charge in [0.25, 0.3) is 5.91 Å². The van der Waals surface area contributed by atoms with E-state index in [0.29, 0.717) is 17.7 Å². The summed E-state index contributed by atoms with van der Waals surface area (Å²) in [6.45, 7) is 2.05. The molecular weight excluding hydrogens is 360 g/mol. The van der Waals surface area contributed by atoms with Crippen LogP contribution in [0.3, 0.4) is 0 Å². The molecule has 3 aromatic carbocycles. The highest BCUT2D eigenvalue weighted by molar-refractivity contribution is 5.96. The summed E-state index contributed by atoms with van der Waals surface area (Å²) in [7, 11) is 0. The van der Waals surface area contributed by atoms with Crippen molar-refractivity contribution in [2.45, 2.75) is 32.2 Å². The summed E-state index contributed by atoms with van der Waals surface area (Å²) in [6.07, 6.45) is 2.36. The molecule has 0 radical (unpaired) electrons. The van der Waals surface area contributed by atoms with Gasteiger partial charge in [-0.15, -0.1) is 0 Å². The van der Waals surface area contributed by atoms with Crippen molar-refractivity contribution in [2.75, 3.05) is 5.32 Å². The number of rotatable bonds is 8. The largest absolute Gasteiger partial charge is 0.341 e. The van der Waals surface area contributed by atoms with Gasteiger partial charge < -0.3 is 10.6 Å². The van der Waals surface area contributed by atoms with E-state index in [2.05, 4.69) is 17.6 Å². The van der Waals surface area contributed by atoms with Crippen molar-refractivity contribution in [1.82, 2.24) is 5.32 Å².